The summed E-state index contributed by atoms with van der Waals surface area (Å²) in [6.45, 7) is 5.32. The number of hydrogen-bond donors (Lipinski definition) is 2. The van der Waals surface area contributed by atoms with Gasteiger partial charge >= 0.3 is 5.97 Å². The Bertz CT molecular complexity index is 588. The number of carboxylic acid groups (broad SMARTS) is 1. The molecule has 1 heterocycles. The molecule has 1 aromatic carbocycles. The summed E-state index contributed by atoms with van der Waals surface area (Å²) in [5.74, 6) is -0.0623. The molecule has 1 aromatic heterocycles. The SMILES string of the molecule is CCc1noc(C)c1CNCc1ccc(C(=O)O)cc1. The molecule has 0 spiro atoms. The summed E-state index contributed by atoms with van der Waals surface area (Å²) >= 11 is 0. The fourth-order valence-electron chi connectivity index (χ4n) is 2.04. The smallest absolute Gasteiger partial charge is 0.335 e. The standard InChI is InChI=1S/C15H18N2O3/c1-3-14-13(10(2)20-17-14)9-16-8-11-4-6-12(7-5-11)15(18)19/h4-7,16H,3,8-9H2,1-2H3,(H,18,19). The largest absolute Gasteiger partial charge is 0.478 e. The van der Waals surface area contributed by atoms with Crippen molar-refractivity contribution in [3.63, 3.8) is 0 Å². The van der Waals surface area contributed by atoms with Crippen LogP contribution < -0.4 is 5.32 Å². The average molecular weight is 274 g/mol. The second-order valence-electron chi connectivity index (χ2n) is 4.62. The van der Waals surface area contributed by atoms with E-state index >= 15 is 0 Å². The molecular weight excluding hydrogens is 256 g/mol. The molecule has 0 unspecified atom stereocenters. The van der Waals surface area contributed by atoms with Crippen molar-refractivity contribution in [1.29, 1.82) is 0 Å². The second-order valence-corrected chi connectivity index (χ2v) is 4.62. The highest BCUT2D eigenvalue weighted by Crippen LogP contribution is 2.13. The highest BCUT2D eigenvalue weighted by molar-refractivity contribution is 5.87. The first-order valence-electron chi connectivity index (χ1n) is 6.58. The third-order valence-electron chi connectivity index (χ3n) is 3.23. The average Bonchev–Trinajstić information content (AvgIpc) is 2.80. The van der Waals surface area contributed by atoms with Gasteiger partial charge in [-0.15, -0.1) is 0 Å². The molecule has 0 aliphatic carbocycles. The molecule has 0 saturated heterocycles. The van der Waals surface area contributed by atoms with E-state index in [0.717, 1.165) is 29.0 Å². The van der Waals surface area contributed by atoms with Gasteiger partial charge in [0.05, 0.1) is 11.3 Å². The van der Waals surface area contributed by atoms with Crippen molar-refractivity contribution < 1.29 is 14.4 Å². The number of benzene rings is 1. The normalized spacial score (nSPS) is 10.7. The molecule has 0 aliphatic rings. The zero-order chi connectivity index (χ0) is 14.5. The van der Waals surface area contributed by atoms with Gasteiger partial charge in [0.2, 0.25) is 0 Å². The Morgan fingerprint density at radius 1 is 1.30 bits per heavy atom. The predicted octanol–water partition coefficient (Wildman–Crippen LogP) is 2.53. The van der Waals surface area contributed by atoms with Crippen LogP contribution in [0.5, 0.6) is 0 Å². The first kappa shape index (κ1) is 14.3. The number of hydrogen-bond acceptors (Lipinski definition) is 4. The van der Waals surface area contributed by atoms with Crippen LogP contribution in [0.25, 0.3) is 0 Å². The van der Waals surface area contributed by atoms with Crippen LogP contribution in [0.15, 0.2) is 28.8 Å². The van der Waals surface area contributed by atoms with Crippen LogP contribution in [0, 0.1) is 6.92 Å². The molecule has 0 atom stereocenters. The lowest BCUT2D eigenvalue weighted by atomic mass is 10.1. The van der Waals surface area contributed by atoms with Crippen molar-refractivity contribution in [2.75, 3.05) is 0 Å². The molecule has 106 valence electrons. The van der Waals surface area contributed by atoms with E-state index in [1.165, 1.54) is 0 Å². The number of aryl methyl sites for hydroxylation is 2. The summed E-state index contributed by atoms with van der Waals surface area (Å²) in [4.78, 5) is 10.8. The fourth-order valence-corrected chi connectivity index (χ4v) is 2.04. The Balaban J connectivity index is 1.92. The highest BCUT2D eigenvalue weighted by Gasteiger charge is 2.10. The van der Waals surface area contributed by atoms with Crippen molar-refractivity contribution >= 4 is 5.97 Å². The summed E-state index contributed by atoms with van der Waals surface area (Å²) < 4.78 is 5.18. The monoisotopic (exact) mass is 274 g/mol. The zero-order valence-corrected chi connectivity index (χ0v) is 11.6. The summed E-state index contributed by atoms with van der Waals surface area (Å²) in [5, 5.41) is 16.2. The van der Waals surface area contributed by atoms with E-state index in [2.05, 4.69) is 10.5 Å². The number of nitrogens with zero attached hydrogens (tertiary/aromatic N) is 1. The number of aromatic nitrogens is 1. The van der Waals surface area contributed by atoms with Gasteiger partial charge in [-0.1, -0.05) is 24.2 Å². The van der Waals surface area contributed by atoms with E-state index in [0.29, 0.717) is 18.7 Å². The molecule has 0 amide bonds. The minimum Gasteiger partial charge on any atom is -0.478 e. The Morgan fingerprint density at radius 3 is 2.60 bits per heavy atom. The van der Waals surface area contributed by atoms with Gasteiger partial charge in [-0.2, -0.15) is 0 Å². The lowest BCUT2D eigenvalue weighted by molar-refractivity contribution is 0.0697. The molecule has 2 aromatic rings. The first-order valence-corrected chi connectivity index (χ1v) is 6.58. The number of carboxylic acids is 1. The number of nitrogens with one attached hydrogen (secondary N) is 1. The van der Waals surface area contributed by atoms with E-state index < -0.39 is 5.97 Å². The molecule has 0 saturated carbocycles. The van der Waals surface area contributed by atoms with E-state index in [1.54, 1.807) is 12.1 Å². The van der Waals surface area contributed by atoms with E-state index in [1.807, 2.05) is 26.0 Å². The molecule has 5 nitrogen and oxygen atoms in total. The summed E-state index contributed by atoms with van der Waals surface area (Å²) in [6.07, 6.45) is 0.849. The quantitative estimate of drug-likeness (QED) is 0.846. The fraction of sp³-hybridized carbons (Fsp3) is 0.333. The molecule has 2 rings (SSSR count). The first-order chi connectivity index (χ1) is 9.61. The van der Waals surface area contributed by atoms with Gasteiger partial charge in [0.25, 0.3) is 0 Å². The van der Waals surface area contributed by atoms with Gasteiger partial charge < -0.3 is 14.9 Å². The van der Waals surface area contributed by atoms with Crippen LogP contribution in [-0.4, -0.2) is 16.2 Å². The van der Waals surface area contributed by atoms with E-state index in [-0.39, 0.29) is 0 Å². The van der Waals surface area contributed by atoms with Crippen LogP contribution in [0.3, 0.4) is 0 Å². The summed E-state index contributed by atoms with van der Waals surface area (Å²) in [5.41, 5.74) is 3.44. The van der Waals surface area contributed by atoms with E-state index in [4.69, 9.17) is 9.63 Å². The Labute approximate surface area is 117 Å². The van der Waals surface area contributed by atoms with Gasteiger partial charge in [0, 0.05) is 18.7 Å². The van der Waals surface area contributed by atoms with Crippen molar-refractivity contribution in [3.05, 3.63) is 52.4 Å². The van der Waals surface area contributed by atoms with E-state index in [9.17, 15) is 4.79 Å². The molecule has 20 heavy (non-hydrogen) atoms. The van der Waals surface area contributed by atoms with Crippen LogP contribution >= 0.6 is 0 Å². The van der Waals surface area contributed by atoms with Gasteiger partial charge in [-0.05, 0) is 31.0 Å². The maximum Gasteiger partial charge on any atom is 0.335 e. The van der Waals surface area contributed by atoms with Crippen LogP contribution in [0.4, 0.5) is 0 Å². The minimum absolute atomic E-state index is 0.303. The third kappa shape index (κ3) is 3.24. The molecule has 2 N–H and O–H groups in total. The topological polar surface area (TPSA) is 75.4 Å². The maximum absolute atomic E-state index is 10.8. The van der Waals surface area contributed by atoms with Gasteiger partial charge in [-0.25, -0.2) is 4.79 Å². The van der Waals surface area contributed by atoms with Gasteiger partial charge in [0.15, 0.2) is 0 Å². The Kier molecular flexibility index (Phi) is 4.53. The molecule has 5 heteroatoms. The predicted molar refractivity (Wildman–Crippen MR) is 74.6 cm³/mol. The zero-order valence-electron chi connectivity index (χ0n) is 11.6. The van der Waals surface area contributed by atoms with Crippen LogP contribution in [0.2, 0.25) is 0 Å². The molecule has 0 bridgehead atoms. The van der Waals surface area contributed by atoms with Crippen LogP contribution in [0.1, 0.15) is 39.9 Å². The lowest BCUT2D eigenvalue weighted by Crippen LogP contribution is -2.14. The number of carbonyl (C=O) groups is 1. The third-order valence-corrected chi connectivity index (χ3v) is 3.23. The minimum atomic E-state index is -0.905. The van der Waals surface area contributed by atoms with Gasteiger partial charge in [-0.3, -0.25) is 0 Å². The summed E-state index contributed by atoms with van der Waals surface area (Å²) in [6, 6.07) is 6.86. The molecule has 0 aliphatic heterocycles. The maximum atomic E-state index is 10.8. The summed E-state index contributed by atoms with van der Waals surface area (Å²) in [7, 11) is 0. The second kappa shape index (κ2) is 6.34. The lowest BCUT2D eigenvalue weighted by Gasteiger charge is -2.05. The Hall–Kier alpha value is -2.14. The van der Waals surface area contributed by atoms with Crippen LogP contribution in [-0.2, 0) is 19.5 Å². The van der Waals surface area contributed by atoms with Crippen molar-refractivity contribution in [3.8, 4) is 0 Å². The number of rotatable bonds is 6. The van der Waals surface area contributed by atoms with Crippen molar-refractivity contribution in [2.45, 2.75) is 33.4 Å². The number of aromatic carboxylic acids is 1. The Morgan fingerprint density at radius 2 is 2.00 bits per heavy atom. The molecular formula is C15H18N2O3. The molecule has 0 fully saturated rings. The highest BCUT2D eigenvalue weighted by atomic mass is 16.5. The van der Waals surface area contributed by atoms with Crippen molar-refractivity contribution in [2.24, 2.45) is 0 Å². The van der Waals surface area contributed by atoms with Crippen molar-refractivity contribution in [1.82, 2.24) is 10.5 Å². The molecule has 0 radical (unpaired) electrons. The van der Waals surface area contributed by atoms with Gasteiger partial charge in [0.1, 0.15) is 5.76 Å².